The minimum Gasteiger partial charge on any atom is -0.351 e. The van der Waals surface area contributed by atoms with Gasteiger partial charge in [-0.3, -0.25) is 29.0 Å². The highest BCUT2D eigenvalue weighted by Gasteiger charge is 2.64. The van der Waals surface area contributed by atoms with E-state index in [9.17, 15) is 14.4 Å². The summed E-state index contributed by atoms with van der Waals surface area (Å²) in [5.74, 6) is 0.142. The topological polar surface area (TPSA) is 136 Å². The van der Waals surface area contributed by atoms with Gasteiger partial charge in [-0.1, -0.05) is 6.92 Å². The Bertz CT molecular complexity index is 1700. The average Bonchev–Trinajstić information content (AvgIpc) is 3.30. The molecule has 11 heteroatoms. The molecule has 1 aliphatic carbocycles. The molecule has 42 heavy (non-hydrogen) atoms. The van der Waals surface area contributed by atoms with E-state index in [2.05, 4.69) is 37.3 Å². The van der Waals surface area contributed by atoms with Crippen LogP contribution in [0.3, 0.4) is 0 Å². The molecule has 1 aliphatic heterocycles. The Morgan fingerprint density at radius 2 is 1.81 bits per heavy atom. The molecule has 2 amide bonds. The van der Waals surface area contributed by atoms with Gasteiger partial charge in [0.1, 0.15) is 24.1 Å². The third kappa shape index (κ3) is 5.03. The zero-order valence-corrected chi connectivity index (χ0v) is 24.5. The van der Waals surface area contributed by atoms with Gasteiger partial charge >= 0.3 is 0 Å². The third-order valence-corrected chi connectivity index (χ3v) is 8.51. The molecule has 11 nitrogen and oxygen atoms in total. The molecule has 0 radical (unpaired) electrons. The van der Waals surface area contributed by atoms with Crippen molar-refractivity contribution in [2.24, 2.45) is 5.41 Å². The molecule has 4 atom stereocenters. The summed E-state index contributed by atoms with van der Waals surface area (Å²) in [5.41, 5.74) is 4.33. The van der Waals surface area contributed by atoms with Crippen LogP contribution < -0.4 is 5.32 Å². The lowest BCUT2D eigenvalue weighted by Gasteiger charge is -2.28. The number of rotatable bonds is 8. The van der Waals surface area contributed by atoms with Crippen LogP contribution in [0.1, 0.15) is 61.2 Å². The van der Waals surface area contributed by atoms with Crippen LogP contribution in [0, 0.1) is 19.3 Å². The van der Waals surface area contributed by atoms with Crippen LogP contribution in [0.15, 0.2) is 43.1 Å². The third-order valence-electron chi connectivity index (χ3n) is 8.51. The Labute approximate surface area is 243 Å². The molecule has 1 N–H and O–H groups in total. The number of hydrogen-bond donors (Lipinski definition) is 1. The lowest BCUT2D eigenvalue weighted by molar-refractivity contribution is -0.140. The Balaban J connectivity index is 1.26. The molecule has 2 fully saturated rings. The summed E-state index contributed by atoms with van der Waals surface area (Å²) >= 11 is 0. The standard InChI is InChI=1S/C31H34N8O3/c1-17-8-21(22-13-34-20(4)35-14-22)10-24-28(19(3)40)37-38(29(17)24)16-27(41)39-25(11-31(5)12-26(31)39)30(42)36-18(2)9-23-15-32-6-7-33-23/h6-8,10,13-15,18,25-26H,9,11-12,16H2,1-5H3,(H,36,42)/t18?,25-,26?,31-/m0/s1. The molecule has 1 saturated heterocycles. The number of carbonyl (C=O) groups excluding carboxylic acids is 3. The van der Waals surface area contributed by atoms with Gasteiger partial charge in [0.25, 0.3) is 0 Å². The summed E-state index contributed by atoms with van der Waals surface area (Å²) in [7, 11) is 0. The maximum Gasteiger partial charge on any atom is 0.245 e. The van der Waals surface area contributed by atoms with Gasteiger partial charge in [0.2, 0.25) is 11.8 Å². The van der Waals surface area contributed by atoms with Crippen molar-refractivity contribution in [3.8, 4) is 11.1 Å². The van der Waals surface area contributed by atoms with Crippen LogP contribution in [-0.2, 0) is 22.6 Å². The van der Waals surface area contributed by atoms with Crippen molar-refractivity contribution >= 4 is 28.5 Å². The molecule has 2 aliphatic rings. The number of amides is 2. The Hall–Kier alpha value is -4.54. The number of benzene rings is 1. The fourth-order valence-corrected chi connectivity index (χ4v) is 6.32. The van der Waals surface area contributed by atoms with Gasteiger partial charge in [0.05, 0.1) is 11.2 Å². The second kappa shape index (κ2) is 10.4. The van der Waals surface area contributed by atoms with Crippen LogP contribution in [0.25, 0.3) is 22.0 Å². The first-order valence-corrected chi connectivity index (χ1v) is 14.2. The van der Waals surface area contributed by atoms with Gasteiger partial charge in [-0.05, 0) is 62.3 Å². The van der Waals surface area contributed by atoms with E-state index < -0.39 is 6.04 Å². The minimum absolute atomic E-state index is 0.0133. The van der Waals surface area contributed by atoms with Crippen LogP contribution in [0.2, 0.25) is 0 Å². The number of nitrogens with one attached hydrogen (secondary N) is 1. The summed E-state index contributed by atoms with van der Waals surface area (Å²) in [4.78, 5) is 58.7. The maximum atomic E-state index is 13.9. The molecule has 1 saturated carbocycles. The maximum absolute atomic E-state index is 13.9. The second-order valence-corrected chi connectivity index (χ2v) is 12.0. The van der Waals surface area contributed by atoms with Crippen LogP contribution in [0.4, 0.5) is 0 Å². The van der Waals surface area contributed by atoms with E-state index in [-0.39, 0.29) is 41.6 Å². The van der Waals surface area contributed by atoms with E-state index in [0.717, 1.165) is 34.3 Å². The van der Waals surface area contributed by atoms with Crippen molar-refractivity contribution in [1.82, 2.24) is 39.9 Å². The molecule has 0 bridgehead atoms. The highest BCUT2D eigenvalue weighted by molar-refractivity contribution is 6.07. The van der Waals surface area contributed by atoms with Crippen molar-refractivity contribution < 1.29 is 14.4 Å². The number of piperidine rings is 1. The van der Waals surface area contributed by atoms with Crippen LogP contribution in [0.5, 0.6) is 0 Å². The summed E-state index contributed by atoms with van der Waals surface area (Å²) < 4.78 is 1.61. The van der Waals surface area contributed by atoms with Gasteiger partial charge < -0.3 is 10.2 Å². The van der Waals surface area contributed by atoms with Crippen LogP contribution >= 0.6 is 0 Å². The van der Waals surface area contributed by atoms with E-state index in [1.54, 1.807) is 40.6 Å². The lowest BCUT2D eigenvalue weighted by atomic mass is 10.0. The molecular formula is C31H34N8O3. The largest absolute Gasteiger partial charge is 0.351 e. The molecule has 2 unspecified atom stereocenters. The number of nitrogens with zero attached hydrogens (tertiary/aromatic N) is 7. The molecule has 6 rings (SSSR count). The van der Waals surface area contributed by atoms with E-state index in [4.69, 9.17) is 0 Å². The summed E-state index contributed by atoms with van der Waals surface area (Å²) in [5, 5.41) is 8.37. The van der Waals surface area contributed by atoms with E-state index in [1.807, 2.05) is 32.9 Å². The van der Waals surface area contributed by atoms with Crippen molar-refractivity contribution in [3.05, 3.63) is 65.9 Å². The minimum atomic E-state index is -0.561. The summed E-state index contributed by atoms with van der Waals surface area (Å²) in [6.45, 7) is 9.23. The van der Waals surface area contributed by atoms with Gasteiger partial charge in [0.15, 0.2) is 5.78 Å². The average molecular weight is 567 g/mol. The smallest absolute Gasteiger partial charge is 0.245 e. The quantitative estimate of drug-likeness (QED) is 0.321. The van der Waals surface area contributed by atoms with Gasteiger partial charge in [-0.25, -0.2) is 9.97 Å². The first kappa shape index (κ1) is 27.6. The van der Waals surface area contributed by atoms with Crippen molar-refractivity contribution in [2.75, 3.05) is 0 Å². The Kier molecular flexibility index (Phi) is 6.83. The summed E-state index contributed by atoms with van der Waals surface area (Å²) in [6.07, 6.45) is 10.5. The van der Waals surface area contributed by atoms with E-state index in [1.165, 1.54) is 6.92 Å². The van der Waals surface area contributed by atoms with Gasteiger partial charge in [-0.15, -0.1) is 0 Å². The zero-order valence-electron chi connectivity index (χ0n) is 24.5. The number of aryl methyl sites for hydroxylation is 2. The number of fused-ring (bicyclic) bond motifs is 2. The lowest BCUT2D eigenvalue weighted by Crippen LogP contribution is -2.51. The van der Waals surface area contributed by atoms with Gasteiger partial charge in [0, 0.05) is 67.4 Å². The van der Waals surface area contributed by atoms with Crippen LogP contribution in [-0.4, -0.2) is 70.3 Å². The van der Waals surface area contributed by atoms with Crippen molar-refractivity contribution in [2.45, 2.75) is 78.6 Å². The predicted molar refractivity (Wildman–Crippen MR) is 155 cm³/mol. The zero-order chi connectivity index (χ0) is 29.8. The highest BCUT2D eigenvalue weighted by Crippen LogP contribution is 2.59. The summed E-state index contributed by atoms with van der Waals surface area (Å²) in [6, 6.07) is 3.18. The number of likely N-dealkylation sites (tertiary alicyclic amines) is 1. The van der Waals surface area contributed by atoms with E-state index >= 15 is 0 Å². The molecule has 0 spiro atoms. The number of aromatic nitrogens is 6. The van der Waals surface area contributed by atoms with Crippen molar-refractivity contribution in [3.63, 3.8) is 0 Å². The fourth-order valence-electron chi connectivity index (χ4n) is 6.32. The first-order valence-electron chi connectivity index (χ1n) is 14.2. The molecule has 3 aromatic heterocycles. The van der Waals surface area contributed by atoms with Crippen molar-refractivity contribution in [1.29, 1.82) is 0 Å². The molecule has 1 aromatic carbocycles. The normalized spacial score (nSPS) is 21.7. The number of carbonyl (C=O) groups is 3. The first-order chi connectivity index (χ1) is 20.0. The second-order valence-electron chi connectivity index (χ2n) is 12.0. The number of ketones is 1. The molecular weight excluding hydrogens is 532 g/mol. The highest BCUT2D eigenvalue weighted by atomic mass is 16.2. The van der Waals surface area contributed by atoms with Gasteiger partial charge in [-0.2, -0.15) is 5.10 Å². The molecule has 216 valence electrons. The number of Topliss-reactive ketones (excluding diaryl/α,β-unsaturated/α-hetero) is 1. The fraction of sp³-hybridized carbons (Fsp3) is 0.419. The predicted octanol–water partition coefficient (Wildman–Crippen LogP) is 3.23. The Morgan fingerprint density at radius 3 is 2.50 bits per heavy atom. The monoisotopic (exact) mass is 566 g/mol. The molecule has 4 aromatic rings. The Morgan fingerprint density at radius 1 is 1.05 bits per heavy atom. The van der Waals surface area contributed by atoms with E-state index in [0.29, 0.717) is 29.7 Å². The molecule has 4 heterocycles. The SMILES string of the molecule is CC(=O)c1nn(CC(=O)N2C3C[C@]3(C)C[C@H]2C(=O)NC(C)Cc2cnccn2)c2c(C)cc(-c3cnc(C)nc3)cc12. The number of hydrogen-bond acceptors (Lipinski definition) is 8.